The molecule has 0 bridgehead atoms. The van der Waals surface area contributed by atoms with Gasteiger partial charge in [0.1, 0.15) is 6.04 Å². The number of carbonyl (C=O) groups is 2. The van der Waals surface area contributed by atoms with Crippen LogP contribution in [0, 0.1) is 5.41 Å². The highest BCUT2D eigenvalue weighted by atomic mass is 32.2. The minimum Gasteiger partial charge on any atom is -0.480 e. The molecule has 1 amide bonds. The molecule has 5 heteroatoms. The Morgan fingerprint density at radius 1 is 1.41 bits per heavy atom. The Morgan fingerprint density at radius 3 is 2.59 bits per heavy atom. The number of carbonyl (C=O) groups excluding carboxylic acids is 1. The molecular formula is C12H19NO3S. The maximum atomic E-state index is 12.6. The summed E-state index contributed by atoms with van der Waals surface area (Å²) in [4.78, 5) is 25.3. The van der Waals surface area contributed by atoms with Crippen molar-refractivity contribution in [3.63, 3.8) is 0 Å². The van der Waals surface area contributed by atoms with Gasteiger partial charge in [-0.25, -0.2) is 4.79 Å². The standard InChI is InChI=1S/C12H19NO3S/c1-2-12(5-3-4-6-12)11(16)13-8-17-7-9(13)10(14)15/h9H,2-8H2,1H3,(H,14,15)/t9-/m0/s1. The molecule has 0 aromatic heterocycles. The highest BCUT2D eigenvalue weighted by Crippen LogP contribution is 2.43. The summed E-state index contributed by atoms with van der Waals surface area (Å²) in [6, 6.07) is -0.614. The van der Waals surface area contributed by atoms with Crippen molar-refractivity contribution in [3.8, 4) is 0 Å². The lowest BCUT2D eigenvalue weighted by Gasteiger charge is -2.32. The number of thioether (sulfide) groups is 1. The first-order valence-electron chi connectivity index (χ1n) is 6.22. The van der Waals surface area contributed by atoms with Crippen LogP contribution in [-0.2, 0) is 9.59 Å². The molecule has 0 spiro atoms. The topological polar surface area (TPSA) is 57.6 Å². The molecule has 1 aliphatic heterocycles. The van der Waals surface area contributed by atoms with Crippen LogP contribution in [0.3, 0.4) is 0 Å². The van der Waals surface area contributed by atoms with Crippen LogP contribution in [0.25, 0.3) is 0 Å². The molecule has 17 heavy (non-hydrogen) atoms. The van der Waals surface area contributed by atoms with Gasteiger partial charge in [0, 0.05) is 11.2 Å². The quantitative estimate of drug-likeness (QED) is 0.839. The molecule has 4 nitrogen and oxygen atoms in total. The summed E-state index contributed by atoms with van der Waals surface area (Å²) < 4.78 is 0. The zero-order valence-electron chi connectivity index (χ0n) is 10.1. The first-order chi connectivity index (χ1) is 8.10. The van der Waals surface area contributed by atoms with E-state index in [2.05, 4.69) is 0 Å². The van der Waals surface area contributed by atoms with E-state index in [0.717, 1.165) is 32.1 Å². The first-order valence-corrected chi connectivity index (χ1v) is 7.38. The van der Waals surface area contributed by atoms with E-state index >= 15 is 0 Å². The van der Waals surface area contributed by atoms with Crippen LogP contribution in [0.1, 0.15) is 39.0 Å². The molecule has 2 rings (SSSR count). The van der Waals surface area contributed by atoms with E-state index in [9.17, 15) is 9.59 Å². The van der Waals surface area contributed by atoms with Crippen LogP contribution in [0.5, 0.6) is 0 Å². The Hall–Kier alpha value is -0.710. The number of hydrogen-bond donors (Lipinski definition) is 1. The molecule has 0 aromatic carbocycles. The fraction of sp³-hybridized carbons (Fsp3) is 0.833. The SMILES string of the molecule is CCC1(C(=O)N2CSC[C@H]2C(=O)O)CCCC1. The van der Waals surface area contributed by atoms with Gasteiger partial charge in [0.25, 0.3) is 0 Å². The summed E-state index contributed by atoms with van der Waals surface area (Å²) in [6.45, 7) is 2.04. The number of hydrogen-bond acceptors (Lipinski definition) is 3. The van der Waals surface area contributed by atoms with Crippen molar-refractivity contribution in [1.82, 2.24) is 4.90 Å². The number of nitrogens with zero attached hydrogens (tertiary/aromatic N) is 1. The number of carboxylic acids is 1. The summed E-state index contributed by atoms with van der Waals surface area (Å²) in [5, 5.41) is 9.12. The number of amides is 1. The summed E-state index contributed by atoms with van der Waals surface area (Å²) in [5.41, 5.74) is -0.265. The number of carboxylic acid groups (broad SMARTS) is 1. The van der Waals surface area contributed by atoms with Gasteiger partial charge in [-0.05, 0) is 19.3 Å². The first kappa shape index (κ1) is 12.7. The van der Waals surface area contributed by atoms with Crippen molar-refractivity contribution in [2.45, 2.75) is 45.1 Å². The third kappa shape index (κ3) is 2.17. The van der Waals surface area contributed by atoms with E-state index in [1.54, 1.807) is 4.90 Å². The second kappa shape index (κ2) is 4.88. The van der Waals surface area contributed by atoms with Crippen molar-refractivity contribution in [2.24, 2.45) is 5.41 Å². The van der Waals surface area contributed by atoms with Crippen molar-refractivity contribution in [2.75, 3.05) is 11.6 Å². The zero-order valence-corrected chi connectivity index (χ0v) is 11.0. The average molecular weight is 257 g/mol. The average Bonchev–Trinajstić information content (AvgIpc) is 2.98. The minimum atomic E-state index is -0.868. The van der Waals surface area contributed by atoms with E-state index < -0.39 is 12.0 Å². The van der Waals surface area contributed by atoms with Crippen molar-refractivity contribution >= 4 is 23.6 Å². The van der Waals surface area contributed by atoms with Gasteiger partial charge in [0.2, 0.25) is 5.91 Å². The van der Waals surface area contributed by atoms with Crippen LogP contribution in [0.4, 0.5) is 0 Å². The molecule has 1 atom stereocenters. The predicted molar refractivity (Wildman–Crippen MR) is 66.8 cm³/mol. The largest absolute Gasteiger partial charge is 0.480 e. The Balaban J connectivity index is 2.15. The van der Waals surface area contributed by atoms with Gasteiger partial charge in [-0.1, -0.05) is 19.8 Å². The summed E-state index contributed by atoms with van der Waals surface area (Å²) >= 11 is 1.54. The lowest BCUT2D eigenvalue weighted by molar-refractivity contribution is -0.152. The Morgan fingerprint density at radius 2 is 2.06 bits per heavy atom. The molecule has 1 N–H and O–H groups in total. The molecule has 2 aliphatic rings. The molecule has 0 aromatic rings. The van der Waals surface area contributed by atoms with E-state index in [1.807, 2.05) is 6.92 Å². The van der Waals surface area contributed by atoms with Gasteiger partial charge < -0.3 is 10.0 Å². The van der Waals surface area contributed by atoms with Crippen LogP contribution >= 0.6 is 11.8 Å². The van der Waals surface area contributed by atoms with E-state index in [4.69, 9.17) is 5.11 Å². The van der Waals surface area contributed by atoms with Gasteiger partial charge in [-0.15, -0.1) is 11.8 Å². The van der Waals surface area contributed by atoms with E-state index in [1.165, 1.54) is 11.8 Å². The van der Waals surface area contributed by atoms with E-state index in [0.29, 0.717) is 11.6 Å². The Labute approximate surface area is 106 Å². The number of rotatable bonds is 3. The van der Waals surface area contributed by atoms with Crippen molar-refractivity contribution in [3.05, 3.63) is 0 Å². The molecule has 1 aliphatic carbocycles. The lowest BCUT2D eigenvalue weighted by atomic mass is 9.81. The molecule has 1 saturated carbocycles. The third-order valence-electron chi connectivity index (χ3n) is 4.12. The van der Waals surface area contributed by atoms with Crippen molar-refractivity contribution < 1.29 is 14.7 Å². The molecule has 1 heterocycles. The Bertz CT molecular complexity index is 326. The molecule has 2 fully saturated rings. The maximum absolute atomic E-state index is 12.6. The van der Waals surface area contributed by atoms with Crippen LogP contribution in [-0.4, -0.2) is 39.6 Å². The van der Waals surface area contributed by atoms with Crippen molar-refractivity contribution in [1.29, 1.82) is 0 Å². The maximum Gasteiger partial charge on any atom is 0.327 e. The monoisotopic (exact) mass is 257 g/mol. The second-order valence-electron chi connectivity index (χ2n) is 4.97. The van der Waals surface area contributed by atoms with Gasteiger partial charge in [0.05, 0.1) is 5.88 Å². The van der Waals surface area contributed by atoms with Crippen LogP contribution in [0.2, 0.25) is 0 Å². The van der Waals surface area contributed by atoms with Gasteiger partial charge >= 0.3 is 5.97 Å². The molecule has 0 unspecified atom stereocenters. The van der Waals surface area contributed by atoms with Gasteiger partial charge in [-0.2, -0.15) is 0 Å². The smallest absolute Gasteiger partial charge is 0.327 e. The zero-order chi connectivity index (χ0) is 12.5. The van der Waals surface area contributed by atoms with Gasteiger partial charge in [0.15, 0.2) is 0 Å². The summed E-state index contributed by atoms with van der Waals surface area (Å²) in [7, 11) is 0. The third-order valence-corrected chi connectivity index (χ3v) is 5.13. The minimum absolute atomic E-state index is 0.0786. The fourth-order valence-electron chi connectivity index (χ4n) is 2.92. The van der Waals surface area contributed by atoms with Gasteiger partial charge in [-0.3, -0.25) is 4.79 Å². The highest BCUT2D eigenvalue weighted by molar-refractivity contribution is 7.99. The molecular weight excluding hydrogens is 238 g/mol. The summed E-state index contributed by atoms with van der Waals surface area (Å²) in [6.07, 6.45) is 4.88. The number of aliphatic carboxylic acids is 1. The summed E-state index contributed by atoms with van der Waals surface area (Å²) in [5.74, 6) is 0.279. The van der Waals surface area contributed by atoms with Crippen LogP contribution in [0.15, 0.2) is 0 Å². The fourth-order valence-corrected chi connectivity index (χ4v) is 4.07. The molecule has 1 saturated heterocycles. The predicted octanol–water partition coefficient (Wildman–Crippen LogP) is 1.94. The second-order valence-corrected chi connectivity index (χ2v) is 5.97. The lowest BCUT2D eigenvalue weighted by Crippen LogP contribution is -2.48. The molecule has 96 valence electrons. The highest BCUT2D eigenvalue weighted by Gasteiger charge is 2.46. The van der Waals surface area contributed by atoms with E-state index in [-0.39, 0.29) is 11.3 Å². The normalized spacial score (nSPS) is 27.4. The van der Waals surface area contributed by atoms with Crippen LogP contribution < -0.4 is 0 Å². The Kier molecular flexibility index (Phi) is 3.66. The molecule has 0 radical (unpaired) electrons.